The molecule has 0 aromatic heterocycles. The molecule has 0 bridgehead atoms. The lowest BCUT2D eigenvalue weighted by molar-refractivity contribution is 0.00960. The van der Waals surface area contributed by atoms with Crippen molar-refractivity contribution in [1.82, 2.24) is 0 Å². The molecule has 3 nitrogen and oxygen atoms in total. The van der Waals surface area contributed by atoms with Gasteiger partial charge in [-0.2, -0.15) is 5.26 Å². The van der Waals surface area contributed by atoms with Crippen LogP contribution in [0.15, 0.2) is 18.2 Å². The van der Waals surface area contributed by atoms with Crippen LogP contribution in [0.3, 0.4) is 0 Å². The number of benzene rings is 1. The topological polar surface area (TPSA) is 42.2 Å². The van der Waals surface area contributed by atoms with Gasteiger partial charge in [0.15, 0.2) is 6.79 Å². The maximum atomic E-state index is 8.77. The first-order chi connectivity index (χ1) is 7.79. The molecule has 0 unspecified atom stereocenters. The van der Waals surface area contributed by atoms with Crippen molar-refractivity contribution in [1.29, 1.82) is 5.26 Å². The Hall–Kier alpha value is -1.53. The molecule has 1 aromatic rings. The fourth-order valence-corrected chi connectivity index (χ4v) is 1.43. The van der Waals surface area contributed by atoms with Gasteiger partial charge in [0.1, 0.15) is 5.75 Å². The molecule has 84 valence electrons. The summed E-state index contributed by atoms with van der Waals surface area (Å²) in [7, 11) is 0. The second-order valence-electron chi connectivity index (χ2n) is 4.17. The highest BCUT2D eigenvalue weighted by atomic mass is 16.7. The molecule has 0 atom stereocenters. The summed E-state index contributed by atoms with van der Waals surface area (Å²) < 4.78 is 10.9. The monoisotopic (exact) mass is 217 g/mol. The van der Waals surface area contributed by atoms with E-state index in [0.29, 0.717) is 5.56 Å². The minimum Gasteiger partial charge on any atom is -0.467 e. The second kappa shape index (κ2) is 5.00. The molecule has 2 rings (SSSR count). The number of aryl methyl sites for hydroxylation is 1. The molecule has 16 heavy (non-hydrogen) atoms. The Balaban J connectivity index is 1.84. The second-order valence-corrected chi connectivity index (χ2v) is 4.17. The molecular formula is C13H15NO2. The summed E-state index contributed by atoms with van der Waals surface area (Å²) in [5.74, 6) is 1.48. The van der Waals surface area contributed by atoms with Crippen LogP contribution in [0.5, 0.6) is 5.75 Å². The number of ether oxygens (including phenoxy) is 2. The van der Waals surface area contributed by atoms with E-state index in [0.717, 1.165) is 23.8 Å². The maximum Gasteiger partial charge on any atom is 0.189 e. The van der Waals surface area contributed by atoms with Gasteiger partial charge in [-0.25, -0.2) is 0 Å². The van der Waals surface area contributed by atoms with Crippen molar-refractivity contribution in [3.8, 4) is 11.8 Å². The van der Waals surface area contributed by atoms with Gasteiger partial charge in [0.05, 0.1) is 18.2 Å². The van der Waals surface area contributed by atoms with E-state index >= 15 is 0 Å². The van der Waals surface area contributed by atoms with E-state index in [2.05, 4.69) is 6.07 Å². The summed E-state index contributed by atoms with van der Waals surface area (Å²) >= 11 is 0. The Kier molecular flexibility index (Phi) is 3.43. The average Bonchev–Trinajstić information content (AvgIpc) is 3.10. The van der Waals surface area contributed by atoms with Crippen molar-refractivity contribution in [2.45, 2.75) is 19.8 Å². The highest BCUT2D eigenvalue weighted by molar-refractivity contribution is 5.41. The predicted octanol–water partition coefficient (Wildman–Crippen LogP) is 2.63. The van der Waals surface area contributed by atoms with E-state index in [1.165, 1.54) is 12.8 Å². The molecule has 0 spiro atoms. The molecule has 3 heteroatoms. The highest BCUT2D eigenvalue weighted by Gasteiger charge is 2.21. The van der Waals surface area contributed by atoms with Gasteiger partial charge in [0.25, 0.3) is 0 Å². The minimum atomic E-state index is 0.270. The number of nitriles is 1. The van der Waals surface area contributed by atoms with Crippen LogP contribution in [0, 0.1) is 24.2 Å². The largest absolute Gasteiger partial charge is 0.467 e. The Morgan fingerprint density at radius 1 is 1.44 bits per heavy atom. The van der Waals surface area contributed by atoms with Crippen molar-refractivity contribution in [3.05, 3.63) is 29.3 Å². The van der Waals surface area contributed by atoms with Crippen LogP contribution < -0.4 is 4.74 Å². The van der Waals surface area contributed by atoms with Crippen molar-refractivity contribution in [2.24, 2.45) is 5.92 Å². The number of hydrogen-bond donors (Lipinski definition) is 0. The molecule has 1 fully saturated rings. The fraction of sp³-hybridized carbons (Fsp3) is 0.462. The zero-order valence-electron chi connectivity index (χ0n) is 9.40. The van der Waals surface area contributed by atoms with Gasteiger partial charge >= 0.3 is 0 Å². The third-order valence-electron chi connectivity index (χ3n) is 2.67. The first-order valence-electron chi connectivity index (χ1n) is 5.51. The lowest BCUT2D eigenvalue weighted by Gasteiger charge is -2.09. The molecule has 0 N–H and O–H groups in total. The third kappa shape index (κ3) is 2.98. The maximum absolute atomic E-state index is 8.77. The van der Waals surface area contributed by atoms with E-state index in [1.807, 2.05) is 13.0 Å². The van der Waals surface area contributed by atoms with Crippen LogP contribution >= 0.6 is 0 Å². The Morgan fingerprint density at radius 3 is 2.94 bits per heavy atom. The molecule has 0 amide bonds. The number of nitrogens with zero attached hydrogens (tertiary/aromatic N) is 1. The van der Waals surface area contributed by atoms with Gasteiger partial charge in [0.2, 0.25) is 0 Å². The average molecular weight is 217 g/mol. The molecule has 0 aliphatic heterocycles. The third-order valence-corrected chi connectivity index (χ3v) is 2.67. The van der Waals surface area contributed by atoms with Crippen molar-refractivity contribution >= 4 is 0 Å². The first kappa shape index (κ1) is 11.0. The molecule has 1 aliphatic carbocycles. The SMILES string of the molecule is Cc1ccc(C#N)cc1OCOCC1CC1. The summed E-state index contributed by atoms with van der Waals surface area (Å²) in [5.41, 5.74) is 1.64. The summed E-state index contributed by atoms with van der Waals surface area (Å²) in [5, 5.41) is 8.77. The molecule has 0 heterocycles. The summed E-state index contributed by atoms with van der Waals surface area (Å²) in [6.45, 7) is 3.01. The Morgan fingerprint density at radius 2 is 2.25 bits per heavy atom. The molecular weight excluding hydrogens is 202 g/mol. The van der Waals surface area contributed by atoms with Gasteiger partial charge < -0.3 is 9.47 Å². The first-order valence-corrected chi connectivity index (χ1v) is 5.51. The summed E-state index contributed by atoms with van der Waals surface area (Å²) in [6.07, 6.45) is 2.56. The molecule has 1 aromatic carbocycles. The van der Waals surface area contributed by atoms with Crippen molar-refractivity contribution in [2.75, 3.05) is 13.4 Å². The highest BCUT2D eigenvalue weighted by Crippen LogP contribution is 2.28. The number of hydrogen-bond acceptors (Lipinski definition) is 3. The lowest BCUT2D eigenvalue weighted by Crippen LogP contribution is -2.06. The van der Waals surface area contributed by atoms with Crippen LogP contribution in [0.1, 0.15) is 24.0 Å². The van der Waals surface area contributed by atoms with Crippen LogP contribution in [0.25, 0.3) is 0 Å². The van der Waals surface area contributed by atoms with E-state index in [9.17, 15) is 0 Å². The lowest BCUT2D eigenvalue weighted by atomic mass is 10.1. The van der Waals surface area contributed by atoms with Crippen molar-refractivity contribution in [3.63, 3.8) is 0 Å². The molecule has 0 radical (unpaired) electrons. The Bertz CT molecular complexity index is 405. The smallest absolute Gasteiger partial charge is 0.189 e. The van der Waals surface area contributed by atoms with Crippen molar-refractivity contribution < 1.29 is 9.47 Å². The molecule has 1 aliphatic rings. The van der Waals surface area contributed by atoms with Crippen LogP contribution in [-0.4, -0.2) is 13.4 Å². The summed E-state index contributed by atoms with van der Waals surface area (Å²) in [6, 6.07) is 7.51. The molecule has 1 saturated carbocycles. The fourth-order valence-electron chi connectivity index (χ4n) is 1.43. The summed E-state index contributed by atoms with van der Waals surface area (Å²) in [4.78, 5) is 0. The number of rotatable bonds is 5. The minimum absolute atomic E-state index is 0.270. The standard InChI is InChI=1S/C13H15NO2/c1-10-2-3-12(7-14)6-13(10)16-9-15-8-11-4-5-11/h2-3,6,11H,4-5,8-9H2,1H3. The predicted molar refractivity (Wildman–Crippen MR) is 60.1 cm³/mol. The molecule has 0 saturated heterocycles. The van der Waals surface area contributed by atoms with Crippen LogP contribution in [0.2, 0.25) is 0 Å². The van der Waals surface area contributed by atoms with E-state index in [-0.39, 0.29) is 6.79 Å². The van der Waals surface area contributed by atoms with Crippen LogP contribution in [0.4, 0.5) is 0 Å². The quantitative estimate of drug-likeness (QED) is 0.562. The van der Waals surface area contributed by atoms with Crippen LogP contribution in [-0.2, 0) is 4.74 Å². The normalized spacial score (nSPS) is 14.5. The van der Waals surface area contributed by atoms with Gasteiger partial charge in [0, 0.05) is 0 Å². The van der Waals surface area contributed by atoms with Gasteiger partial charge in [-0.1, -0.05) is 6.07 Å². The van der Waals surface area contributed by atoms with Gasteiger partial charge in [-0.05, 0) is 43.4 Å². The van der Waals surface area contributed by atoms with E-state index < -0.39 is 0 Å². The Labute approximate surface area is 95.6 Å². The van der Waals surface area contributed by atoms with E-state index in [4.69, 9.17) is 14.7 Å². The van der Waals surface area contributed by atoms with Gasteiger partial charge in [-0.15, -0.1) is 0 Å². The van der Waals surface area contributed by atoms with E-state index in [1.54, 1.807) is 12.1 Å². The zero-order valence-corrected chi connectivity index (χ0v) is 9.40. The van der Waals surface area contributed by atoms with Gasteiger partial charge in [-0.3, -0.25) is 0 Å². The zero-order chi connectivity index (χ0) is 11.4.